The Kier molecular flexibility index (Phi) is 2.50. The predicted molar refractivity (Wildman–Crippen MR) is 50.7 cm³/mol. The predicted octanol–water partition coefficient (Wildman–Crippen LogP) is 2.42. The third kappa shape index (κ3) is 1.39. The highest BCUT2D eigenvalue weighted by Crippen LogP contribution is 2.49. The molecule has 0 radical (unpaired) electrons. The Hall–Kier alpha value is -1.54. The van der Waals surface area contributed by atoms with Gasteiger partial charge in [-0.3, -0.25) is 11.5 Å². The van der Waals surface area contributed by atoms with Gasteiger partial charge in [-0.25, -0.2) is 26.3 Å². The first-order valence-electron chi connectivity index (χ1n) is 4.62. The van der Waals surface area contributed by atoms with Crippen LogP contribution in [0.2, 0.25) is 0 Å². The number of rotatable bonds is 0. The molecule has 98 valence electrons. The largest absolute Gasteiger partial charge is 0.289 e. The summed E-state index contributed by atoms with van der Waals surface area (Å²) in [7, 11) is 0. The lowest BCUT2D eigenvalue weighted by Crippen LogP contribution is -2.49. The second-order valence-electron chi connectivity index (χ2n) is 3.84. The lowest BCUT2D eigenvalue weighted by Gasteiger charge is -2.35. The number of alkyl halides is 2. The van der Waals surface area contributed by atoms with Crippen LogP contribution in [0.3, 0.4) is 0 Å². The average Bonchev–Trinajstić information content (AvgIpc) is 2.27. The summed E-state index contributed by atoms with van der Waals surface area (Å²) in [5, 5.41) is 0. The fourth-order valence-corrected chi connectivity index (χ4v) is 1.74. The summed E-state index contributed by atoms with van der Waals surface area (Å²) in [4.78, 5) is 0. The van der Waals surface area contributed by atoms with Gasteiger partial charge < -0.3 is 0 Å². The lowest BCUT2D eigenvalue weighted by molar-refractivity contribution is 0.176. The van der Waals surface area contributed by atoms with Gasteiger partial charge in [0.25, 0.3) is 0 Å². The summed E-state index contributed by atoms with van der Waals surface area (Å²) < 4.78 is 80.2. The van der Waals surface area contributed by atoms with Crippen molar-refractivity contribution >= 4 is 0 Å². The van der Waals surface area contributed by atoms with Crippen LogP contribution >= 0.6 is 0 Å². The third-order valence-corrected chi connectivity index (χ3v) is 2.69. The third-order valence-electron chi connectivity index (χ3n) is 2.69. The standard InChI is InChI=1S/C10H6F6N2/c11-4-2-1-3-5(10(4,16)18)6(12)7(13)8(14)9(3,15)17/h1-2H,17-18H2. The number of halogens is 6. The summed E-state index contributed by atoms with van der Waals surface area (Å²) in [6.45, 7) is 0. The van der Waals surface area contributed by atoms with E-state index >= 15 is 0 Å². The van der Waals surface area contributed by atoms with E-state index in [0.717, 1.165) is 0 Å². The molecule has 0 heterocycles. The van der Waals surface area contributed by atoms with E-state index in [1.807, 2.05) is 0 Å². The van der Waals surface area contributed by atoms with Crippen molar-refractivity contribution in [3.63, 3.8) is 0 Å². The second kappa shape index (κ2) is 3.48. The maximum atomic E-state index is 13.8. The van der Waals surface area contributed by atoms with E-state index in [1.54, 1.807) is 0 Å². The second-order valence-corrected chi connectivity index (χ2v) is 3.84. The monoisotopic (exact) mass is 268 g/mol. The molecule has 2 aliphatic rings. The molecule has 8 heteroatoms. The lowest BCUT2D eigenvalue weighted by atomic mass is 9.81. The number of hydrogen-bond donors (Lipinski definition) is 2. The van der Waals surface area contributed by atoms with E-state index in [-0.39, 0.29) is 0 Å². The van der Waals surface area contributed by atoms with Crippen molar-refractivity contribution in [3.05, 3.63) is 46.6 Å². The minimum atomic E-state index is -3.61. The van der Waals surface area contributed by atoms with Crippen LogP contribution in [0, 0.1) is 0 Å². The molecular formula is C10H6F6N2. The SMILES string of the molecule is NC1(F)C2=CC=C(F)C(N)(F)C2=C(F)C(F)=C1F. The van der Waals surface area contributed by atoms with Crippen LogP contribution in [-0.2, 0) is 0 Å². The van der Waals surface area contributed by atoms with Crippen LogP contribution in [0.25, 0.3) is 0 Å². The van der Waals surface area contributed by atoms with E-state index in [2.05, 4.69) is 0 Å². The van der Waals surface area contributed by atoms with Crippen LogP contribution in [0.15, 0.2) is 46.6 Å². The quantitative estimate of drug-likeness (QED) is 0.523. The van der Waals surface area contributed by atoms with Gasteiger partial charge in [-0.1, -0.05) is 6.08 Å². The van der Waals surface area contributed by atoms with Gasteiger partial charge in [0.2, 0.25) is 11.6 Å². The van der Waals surface area contributed by atoms with Crippen LogP contribution < -0.4 is 11.5 Å². The normalized spacial score (nSPS) is 36.4. The Labute approximate surface area is 96.9 Å². The van der Waals surface area contributed by atoms with Gasteiger partial charge in [-0.05, 0) is 6.08 Å². The van der Waals surface area contributed by atoms with E-state index < -0.39 is 46.0 Å². The summed E-state index contributed by atoms with van der Waals surface area (Å²) in [5.74, 6) is -15.6. The van der Waals surface area contributed by atoms with Gasteiger partial charge in [0.05, 0.1) is 5.57 Å². The molecule has 0 aromatic carbocycles. The molecule has 18 heavy (non-hydrogen) atoms. The van der Waals surface area contributed by atoms with Gasteiger partial charge in [-0.2, -0.15) is 0 Å². The molecule has 2 atom stereocenters. The summed E-state index contributed by atoms with van der Waals surface area (Å²) in [6, 6.07) is 0. The Morgan fingerprint density at radius 3 is 1.94 bits per heavy atom. The minimum Gasteiger partial charge on any atom is -0.289 e. The topological polar surface area (TPSA) is 52.0 Å². The average molecular weight is 268 g/mol. The summed E-state index contributed by atoms with van der Waals surface area (Å²) in [6.07, 6.45) is 0.866. The van der Waals surface area contributed by atoms with Gasteiger partial charge in [-0.15, -0.1) is 0 Å². The Bertz CT molecular complexity index is 551. The zero-order valence-electron chi connectivity index (χ0n) is 8.58. The van der Waals surface area contributed by atoms with Crippen molar-refractivity contribution in [2.45, 2.75) is 11.6 Å². The highest BCUT2D eigenvalue weighted by Gasteiger charge is 2.54. The maximum Gasteiger partial charge on any atom is 0.240 e. The highest BCUT2D eigenvalue weighted by atomic mass is 19.2. The van der Waals surface area contributed by atoms with Gasteiger partial charge >= 0.3 is 0 Å². The van der Waals surface area contributed by atoms with Crippen molar-refractivity contribution in [2.75, 3.05) is 0 Å². The van der Waals surface area contributed by atoms with Crippen molar-refractivity contribution in [1.82, 2.24) is 0 Å². The zero-order chi connectivity index (χ0) is 13.9. The first-order chi connectivity index (χ1) is 8.11. The van der Waals surface area contributed by atoms with Crippen molar-refractivity contribution in [3.8, 4) is 0 Å². The first kappa shape index (κ1) is 12.9. The van der Waals surface area contributed by atoms with Crippen LogP contribution in [-0.4, -0.2) is 11.6 Å². The van der Waals surface area contributed by atoms with E-state index in [1.165, 1.54) is 0 Å². The molecule has 0 amide bonds. The highest BCUT2D eigenvalue weighted by molar-refractivity contribution is 5.62. The van der Waals surface area contributed by atoms with Gasteiger partial charge in [0.1, 0.15) is 0 Å². The smallest absolute Gasteiger partial charge is 0.240 e. The molecule has 2 nitrogen and oxygen atoms in total. The number of nitrogens with two attached hydrogens (primary N) is 2. The minimum absolute atomic E-state index is 0.365. The number of allylic oxidation sites excluding steroid dienone is 4. The van der Waals surface area contributed by atoms with E-state index in [0.29, 0.717) is 12.2 Å². The molecule has 0 saturated carbocycles. The molecule has 4 N–H and O–H groups in total. The molecule has 0 saturated heterocycles. The number of hydrogen-bond acceptors (Lipinski definition) is 2. The van der Waals surface area contributed by atoms with Gasteiger partial charge in [0, 0.05) is 5.57 Å². The molecule has 0 aromatic heterocycles. The fourth-order valence-electron chi connectivity index (χ4n) is 1.74. The Morgan fingerprint density at radius 1 is 0.833 bits per heavy atom. The molecule has 0 spiro atoms. The van der Waals surface area contributed by atoms with E-state index in [4.69, 9.17) is 11.5 Å². The fraction of sp³-hybridized carbons (Fsp3) is 0.200. The van der Waals surface area contributed by atoms with Crippen molar-refractivity contribution < 1.29 is 26.3 Å². The molecule has 2 unspecified atom stereocenters. The summed E-state index contributed by atoms with van der Waals surface area (Å²) in [5.41, 5.74) is 7.02. The molecule has 0 aromatic rings. The molecule has 2 aliphatic carbocycles. The van der Waals surface area contributed by atoms with E-state index in [9.17, 15) is 26.3 Å². The maximum absolute atomic E-state index is 13.8. The van der Waals surface area contributed by atoms with Crippen LogP contribution in [0.5, 0.6) is 0 Å². The molecule has 0 fully saturated rings. The molecule has 0 aliphatic heterocycles. The van der Waals surface area contributed by atoms with Crippen LogP contribution in [0.1, 0.15) is 0 Å². The van der Waals surface area contributed by atoms with Crippen molar-refractivity contribution in [2.24, 2.45) is 11.5 Å². The number of fused-ring (bicyclic) bond motifs is 1. The molecular weight excluding hydrogens is 262 g/mol. The Balaban J connectivity index is 2.82. The zero-order valence-corrected chi connectivity index (χ0v) is 8.58. The van der Waals surface area contributed by atoms with Crippen molar-refractivity contribution in [1.29, 1.82) is 0 Å². The molecule has 2 rings (SSSR count). The molecule has 0 bridgehead atoms. The van der Waals surface area contributed by atoms with Crippen LogP contribution in [0.4, 0.5) is 26.3 Å². The first-order valence-corrected chi connectivity index (χ1v) is 4.62. The van der Waals surface area contributed by atoms with Gasteiger partial charge in [0.15, 0.2) is 23.3 Å². The Morgan fingerprint density at radius 2 is 1.39 bits per heavy atom. The summed E-state index contributed by atoms with van der Waals surface area (Å²) >= 11 is 0.